The van der Waals surface area contributed by atoms with Crippen LogP contribution in [0.25, 0.3) is 5.69 Å². The van der Waals surface area contributed by atoms with E-state index in [-0.39, 0.29) is 11.9 Å². The van der Waals surface area contributed by atoms with Gasteiger partial charge in [0, 0.05) is 24.2 Å². The highest BCUT2D eigenvalue weighted by Gasteiger charge is 2.26. The van der Waals surface area contributed by atoms with Crippen LogP contribution in [0.5, 0.6) is 0 Å². The monoisotopic (exact) mass is 319 g/mol. The number of likely N-dealkylation sites (tertiary alicyclic amines) is 1. The van der Waals surface area contributed by atoms with Gasteiger partial charge in [-0.2, -0.15) is 9.90 Å². The number of halogens is 1. The second kappa shape index (κ2) is 6.06. The summed E-state index contributed by atoms with van der Waals surface area (Å²) in [6.45, 7) is 3.07. The average molecular weight is 320 g/mol. The molecule has 22 heavy (non-hydrogen) atoms. The zero-order chi connectivity index (χ0) is 15.7. The normalized spacial score (nSPS) is 18.5. The predicted octanol–water partition coefficient (Wildman–Crippen LogP) is 1.79. The van der Waals surface area contributed by atoms with E-state index in [1.807, 2.05) is 12.1 Å². The molecule has 116 valence electrons. The molecule has 1 amide bonds. The first-order chi connectivity index (χ1) is 10.5. The van der Waals surface area contributed by atoms with Gasteiger partial charge >= 0.3 is 0 Å². The topological polar surface area (TPSA) is 77.0 Å². The molecule has 1 aromatic carbocycles. The molecule has 6 nitrogen and oxygen atoms in total. The lowest BCUT2D eigenvalue weighted by Gasteiger charge is -2.30. The number of benzene rings is 1. The van der Waals surface area contributed by atoms with Gasteiger partial charge in [0.15, 0.2) is 5.69 Å². The lowest BCUT2D eigenvalue weighted by molar-refractivity contribution is 0.0701. The summed E-state index contributed by atoms with van der Waals surface area (Å²) >= 11 is 5.98. The molecule has 2 N–H and O–H groups in total. The molecule has 1 unspecified atom stereocenters. The maximum Gasteiger partial charge on any atom is 0.276 e. The van der Waals surface area contributed by atoms with Crippen molar-refractivity contribution < 1.29 is 4.79 Å². The number of nitrogens with two attached hydrogens (primary N) is 1. The Kier molecular flexibility index (Phi) is 4.13. The van der Waals surface area contributed by atoms with E-state index in [0.29, 0.717) is 23.0 Å². The van der Waals surface area contributed by atoms with Gasteiger partial charge in [0.1, 0.15) is 0 Å². The zero-order valence-corrected chi connectivity index (χ0v) is 13.1. The molecule has 1 atom stereocenters. The second-order valence-electron chi connectivity index (χ2n) is 5.56. The van der Waals surface area contributed by atoms with Crippen LogP contribution in [0.15, 0.2) is 24.3 Å². The Morgan fingerprint density at radius 2 is 2.23 bits per heavy atom. The average Bonchev–Trinajstić information content (AvgIpc) is 2.88. The number of rotatable bonds is 2. The van der Waals surface area contributed by atoms with Crippen molar-refractivity contribution in [3.05, 3.63) is 40.7 Å². The number of hydrogen-bond donors (Lipinski definition) is 1. The number of amides is 1. The SMILES string of the molecule is Cc1nn(-c2cccc(Cl)c2)nc1C(=O)N1CCCC(N)C1. The van der Waals surface area contributed by atoms with Crippen LogP contribution >= 0.6 is 11.6 Å². The molecule has 7 heteroatoms. The molecule has 0 bridgehead atoms. The summed E-state index contributed by atoms with van der Waals surface area (Å²) in [5.41, 5.74) is 7.64. The van der Waals surface area contributed by atoms with Crippen molar-refractivity contribution in [3.8, 4) is 5.69 Å². The molecule has 1 aliphatic rings. The van der Waals surface area contributed by atoms with E-state index >= 15 is 0 Å². The fourth-order valence-corrected chi connectivity index (χ4v) is 2.82. The Labute approximate surface area is 133 Å². The summed E-state index contributed by atoms with van der Waals surface area (Å²) in [6.07, 6.45) is 1.88. The lowest BCUT2D eigenvalue weighted by atomic mass is 10.1. The molecule has 0 saturated carbocycles. The standard InChI is InChI=1S/C15H18ClN5O/c1-10-14(15(22)20-7-3-5-12(17)9-20)19-21(18-10)13-6-2-4-11(16)8-13/h2,4,6,8,12H,3,5,7,9,17H2,1H3. The Balaban J connectivity index is 1.87. The number of piperidine rings is 1. The Hall–Kier alpha value is -1.92. The largest absolute Gasteiger partial charge is 0.336 e. The summed E-state index contributed by atoms with van der Waals surface area (Å²) < 4.78 is 0. The minimum Gasteiger partial charge on any atom is -0.336 e. The van der Waals surface area contributed by atoms with E-state index in [9.17, 15) is 4.79 Å². The number of nitrogens with zero attached hydrogens (tertiary/aromatic N) is 4. The third kappa shape index (κ3) is 2.98. The molecule has 3 rings (SSSR count). The third-order valence-corrected chi connectivity index (χ3v) is 4.00. The van der Waals surface area contributed by atoms with Gasteiger partial charge in [-0.3, -0.25) is 4.79 Å². The van der Waals surface area contributed by atoms with E-state index in [1.165, 1.54) is 4.80 Å². The van der Waals surface area contributed by atoms with E-state index < -0.39 is 0 Å². The van der Waals surface area contributed by atoms with Crippen LogP contribution in [0.3, 0.4) is 0 Å². The molecule has 1 aliphatic heterocycles. The minimum atomic E-state index is -0.110. The van der Waals surface area contributed by atoms with Gasteiger partial charge in [-0.05, 0) is 38.0 Å². The maximum absolute atomic E-state index is 12.6. The Morgan fingerprint density at radius 3 is 2.95 bits per heavy atom. The summed E-state index contributed by atoms with van der Waals surface area (Å²) in [7, 11) is 0. The molecule has 2 heterocycles. The van der Waals surface area contributed by atoms with Gasteiger partial charge < -0.3 is 10.6 Å². The maximum atomic E-state index is 12.6. The molecular formula is C15H18ClN5O. The highest BCUT2D eigenvalue weighted by Crippen LogP contribution is 2.17. The highest BCUT2D eigenvalue weighted by molar-refractivity contribution is 6.30. The van der Waals surface area contributed by atoms with Crippen LogP contribution in [0.4, 0.5) is 0 Å². The number of aryl methyl sites for hydroxylation is 1. The van der Waals surface area contributed by atoms with Gasteiger partial charge in [-0.25, -0.2) is 0 Å². The first-order valence-electron chi connectivity index (χ1n) is 7.29. The molecule has 0 aliphatic carbocycles. The Bertz CT molecular complexity index is 699. The fourth-order valence-electron chi connectivity index (χ4n) is 2.64. The van der Waals surface area contributed by atoms with Gasteiger partial charge in [-0.1, -0.05) is 17.7 Å². The van der Waals surface area contributed by atoms with Crippen molar-refractivity contribution in [2.45, 2.75) is 25.8 Å². The zero-order valence-electron chi connectivity index (χ0n) is 12.4. The van der Waals surface area contributed by atoms with Gasteiger partial charge in [-0.15, -0.1) is 5.10 Å². The lowest BCUT2D eigenvalue weighted by Crippen LogP contribution is -2.46. The molecule has 1 aromatic heterocycles. The van der Waals surface area contributed by atoms with Crippen molar-refractivity contribution in [2.75, 3.05) is 13.1 Å². The highest BCUT2D eigenvalue weighted by atomic mass is 35.5. The first-order valence-corrected chi connectivity index (χ1v) is 7.67. The summed E-state index contributed by atoms with van der Waals surface area (Å²) in [5.74, 6) is -0.110. The van der Waals surface area contributed by atoms with Crippen LogP contribution in [-0.4, -0.2) is 44.9 Å². The van der Waals surface area contributed by atoms with Gasteiger partial charge in [0.25, 0.3) is 5.91 Å². The van der Waals surface area contributed by atoms with Crippen LogP contribution in [0, 0.1) is 6.92 Å². The first kappa shape index (κ1) is 15.0. The fraction of sp³-hybridized carbons (Fsp3) is 0.400. The van der Waals surface area contributed by atoms with E-state index in [4.69, 9.17) is 17.3 Å². The number of carbonyl (C=O) groups excluding carboxylic acids is 1. The quantitative estimate of drug-likeness (QED) is 0.915. The number of hydrogen-bond acceptors (Lipinski definition) is 4. The van der Waals surface area contributed by atoms with Crippen molar-refractivity contribution in [3.63, 3.8) is 0 Å². The molecule has 0 radical (unpaired) electrons. The van der Waals surface area contributed by atoms with E-state index in [1.54, 1.807) is 24.0 Å². The second-order valence-corrected chi connectivity index (χ2v) is 5.99. The van der Waals surface area contributed by atoms with E-state index in [0.717, 1.165) is 25.1 Å². The molecule has 1 saturated heterocycles. The van der Waals surface area contributed by atoms with Crippen molar-refractivity contribution >= 4 is 17.5 Å². The van der Waals surface area contributed by atoms with Crippen LogP contribution < -0.4 is 5.73 Å². The Morgan fingerprint density at radius 1 is 1.41 bits per heavy atom. The number of aromatic nitrogens is 3. The van der Waals surface area contributed by atoms with E-state index in [2.05, 4.69) is 10.2 Å². The molecule has 1 fully saturated rings. The van der Waals surface area contributed by atoms with Gasteiger partial charge in [0.2, 0.25) is 0 Å². The van der Waals surface area contributed by atoms with Crippen molar-refractivity contribution in [1.82, 2.24) is 19.9 Å². The van der Waals surface area contributed by atoms with Crippen LogP contribution in [0.1, 0.15) is 29.0 Å². The van der Waals surface area contributed by atoms with Crippen molar-refractivity contribution in [2.24, 2.45) is 5.73 Å². The van der Waals surface area contributed by atoms with Gasteiger partial charge in [0.05, 0.1) is 11.4 Å². The van der Waals surface area contributed by atoms with Crippen LogP contribution in [0.2, 0.25) is 5.02 Å². The van der Waals surface area contributed by atoms with Crippen LogP contribution in [-0.2, 0) is 0 Å². The summed E-state index contributed by atoms with van der Waals surface area (Å²) in [6, 6.07) is 7.24. The molecule has 2 aromatic rings. The molecule has 0 spiro atoms. The molecular weight excluding hydrogens is 302 g/mol. The van der Waals surface area contributed by atoms with Crippen molar-refractivity contribution in [1.29, 1.82) is 0 Å². The summed E-state index contributed by atoms with van der Waals surface area (Å²) in [5, 5.41) is 9.26. The predicted molar refractivity (Wildman–Crippen MR) is 84.2 cm³/mol. The minimum absolute atomic E-state index is 0.0426. The summed E-state index contributed by atoms with van der Waals surface area (Å²) in [4.78, 5) is 15.8. The smallest absolute Gasteiger partial charge is 0.276 e. The number of carbonyl (C=O) groups is 1. The third-order valence-electron chi connectivity index (χ3n) is 3.77.